The van der Waals surface area contributed by atoms with Crippen molar-refractivity contribution in [3.8, 4) is 0 Å². The number of halogens is 2. The largest absolute Gasteiger partial charge is 0.343 e. The molecule has 2 rings (SSSR count). The molecule has 0 fully saturated rings. The molecule has 2 amide bonds. The van der Waals surface area contributed by atoms with Crippen molar-refractivity contribution < 1.29 is 9.59 Å². The minimum Gasteiger partial charge on any atom is -0.343 e. The lowest BCUT2D eigenvalue weighted by atomic mass is 10.2. The fourth-order valence-corrected chi connectivity index (χ4v) is 2.33. The summed E-state index contributed by atoms with van der Waals surface area (Å²) in [6.45, 7) is 0.353. The molecule has 2 aromatic carbocycles. The fourth-order valence-electron chi connectivity index (χ4n) is 1.98. The number of hydrogen-bond acceptors (Lipinski definition) is 2. The fraction of sp³-hybridized carbons (Fsp3) is 0.176. The van der Waals surface area contributed by atoms with Crippen molar-refractivity contribution in [2.45, 2.75) is 6.54 Å². The van der Waals surface area contributed by atoms with Crippen LogP contribution in [0.1, 0.15) is 15.9 Å². The zero-order valence-corrected chi connectivity index (χ0v) is 14.1. The highest BCUT2D eigenvalue weighted by atomic mass is 35.5. The van der Waals surface area contributed by atoms with E-state index in [0.717, 1.165) is 5.56 Å². The van der Waals surface area contributed by atoms with E-state index in [0.29, 0.717) is 22.2 Å². The highest BCUT2D eigenvalue weighted by Gasteiger charge is 2.13. The van der Waals surface area contributed by atoms with Gasteiger partial charge in [-0.25, -0.2) is 0 Å². The topological polar surface area (TPSA) is 49.4 Å². The molecule has 4 nitrogen and oxygen atoms in total. The maximum atomic E-state index is 12.1. The lowest BCUT2D eigenvalue weighted by molar-refractivity contribution is -0.129. The number of amides is 2. The minimum atomic E-state index is -0.371. The first-order valence-electron chi connectivity index (χ1n) is 6.98. The van der Waals surface area contributed by atoms with E-state index in [1.165, 1.54) is 4.90 Å². The van der Waals surface area contributed by atoms with E-state index in [4.69, 9.17) is 23.2 Å². The van der Waals surface area contributed by atoms with Crippen molar-refractivity contribution in [2.24, 2.45) is 0 Å². The molecule has 0 aliphatic carbocycles. The van der Waals surface area contributed by atoms with Crippen molar-refractivity contribution in [2.75, 3.05) is 13.6 Å². The monoisotopic (exact) mass is 350 g/mol. The van der Waals surface area contributed by atoms with E-state index < -0.39 is 0 Å². The summed E-state index contributed by atoms with van der Waals surface area (Å²) in [5.74, 6) is -0.566. The second kappa shape index (κ2) is 7.99. The van der Waals surface area contributed by atoms with E-state index in [-0.39, 0.29) is 18.4 Å². The third-order valence-electron chi connectivity index (χ3n) is 3.28. The van der Waals surface area contributed by atoms with Gasteiger partial charge in [-0.05, 0) is 29.8 Å². The van der Waals surface area contributed by atoms with Crippen molar-refractivity contribution >= 4 is 35.0 Å². The molecule has 0 aromatic heterocycles. The van der Waals surface area contributed by atoms with Crippen LogP contribution >= 0.6 is 23.2 Å². The molecule has 120 valence electrons. The van der Waals surface area contributed by atoms with Crippen LogP contribution in [0.25, 0.3) is 0 Å². The SMILES string of the molecule is CN(Cc1ccc(Cl)cc1)C(=O)CNC(=O)c1ccccc1Cl. The Hall–Kier alpha value is -2.04. The molecule has 0 unspecified atom stereocenters. The summed E-state index contributed by atoms with van der Waals surface area (Å²) in [5.41, 5.74) is 1.31. The highest BCUT2D eigenvalue weighted by Crippen LogP contribution is 2.14. The molecule has 0 aliphatic heterocycles. The standard InChI is InChI=1S/C17H16Cl2N2O2/c1-21(11-12-6-8-13(18)9-7-12)16(22)10-20-17(23)14-4-2-3-5-15(14)19/h2-9H,10-11H2,1H3,(H,20,23). The molecule has 23 heavy (non-hydrogen) atoms. The van der Waals surface area contributed by atoms with Crippen molar-refractivity contribution in [1.29, 1.82) is 0 Å². The van der Waals surface area contributed by atoms with E-state index in [1.807, 2.05) is 12.1 Å². The van der Waals surface area contributed by atoms with Gasteiger partial charge in [0.15, 0.2) is 0 Å². The molecule has 0 saturated carbocycles. The summed E-state index contributed by atoms with van der Waals surface area (Å²) in [4.78, 5) is 25.6. The van der Waals surface area contributed by atoms with Gasteiger partial charge in [0.2, 0.25) is 5.91 Å². The number of carbonyl (C=O) groups excluding carboxylic acids is 2. The van der Waals surface area contributed by atoms with Gasteiger partial charge >= 0.3 is 0 Å². The summed E-state index contributed by atoms with van der Waals surface area (Å²) >= 11 is 11.8. The lowest BCUT2D eigenvalue weighted by Gasteiger charge is -2.17. The Kier molecular flexibility index (Phi) is 6.02. The normalized spacial score (nSPS) is 10.2. The summed E-state index contributed by atoms with van der Waals surface area (Å²) in [5, 5.41) is 3.58. The second-order valence-electron chi connectivity index (χ2n) is 5.04. The Labute approximate surface area is 145 Å². The number of benzene rings is 2. The summed E-state index contributed by atoms with van der Waals surface area (Å²) in [6.07, 6.45) is 0. The zero-order chi connectivity index (χ0) is 16.8. The van der Waals surface area contributed by atoms with Crippen LogP contribution in [0.2, 0.25) is 10.0 Å². The van der Waals surface area contributed by atoms with Gasteiger partial charge in [-0.3, -0.25) is 9.59 Å². The van der Waals surface area contributed by atoms with Gasteiger partial charge in [-0.1, -0.05) is 47.5 Å². The Balaban J connectivity index is 1.87. The first-order chi connectivity index (χ1) is 11.0. The quantitative estimate of drug-likeness (QED) is 0.898. The van der Waals surface area contributed by atoms with Gasteiger partial charge in [0.05, 0.1) is 17.1 Å². The molecular weight excluding hydrogens is 335 g/mol. The Morgan fingerprint density at radius 2 is 1.70 bits per heavy atom. The third-order valence-corrected chi connectivity index (χ3v) is 3.86. The minimum absolute atomic E-state index is 0.0891. The van der Waals surface area contributed by atoms with Crippen LogP contribution < -0.4 is 5.32 Å². The molecular formula is C17H16Cl2N2O2. The Morgan fingerprint density at radius 3 is 2.35 bits per heavy atom. The molecule has 2 aromatic rings. The van der Waals surface area contributed by atoms with Gasteiger partial charge in [0.25, 0.3) is 5.91 Å². The van der Waals surface area contributed by atoms with Crippen LogP contribution in [0.4, 0.5) is 0 Å². The number of rotatable bonds is 5. The van der Waals surface area contributed by atoms with E-state index in [9.17, 15) is 9.59 Å². The maximum absolute atomic E-state index is 12.1. The predicted octanol–water partition coefficient (Wildman–Crippen LogP) is 3.38. The number of likely N-dealkylation sites (N-methyl/N-ethyl adjacent to an activating group) is 1. The van der Waals surface area contributed by atoms with Crippen LogP contribution in [0.3, 0.4) is 0 Å². The van der Waals surface area contributed by atoms with Crippen LogP contribution in [0, 0.1) is 0 Å². The van der Waals surface area contributed by atoms with Crippen LogP contribution in [0.5, 0.6) is 0 Å². The number of nitrogens with zero attached hydrogens (tertiary/aromatic N) is 1. The van der Waals surface area contributed by atoms with E-state index in [1.54, 1.807) is 43.4 Å². The third kappa shape index (κ3) is 4.98. The van der Waals surface area contributed by atoms with Gasteiger partial charge in [0, 0.05) is 18.6 Å². The van der Waals surface area contributed by atoms with Crippen LogP contribution in [0.15, 0.2) is 48.5 Å². The molecule has 0 heterocycles. The predicted molar refractivity (Wildman–Crippen MR) is 91.7 cm³/mol. The van der Waals surface area contributed by atoms with Crippen molar-refractivity contribution in [3.05, 3.63) is 69.7 Å². The molecule has 0 atom stereocenters. The van der Waals surface area contributed by atoms with Gasteiger partial charge < -0.3 is 10.2 Å². The van der Waals surface area contributed by atoms with Gasteiger partial charge in [-0.2, -0.15) is 0 Å². The summed E-state index contributed by atoms with van der Waals surface area (Å²) in [7, 11) is 1.68. The van der Waals surface area contributed by atoms with Crippen molar-refractivity contribution in [1.82, 2.24) is 10.2 Å². The smallest absolute Gasteiger partial charge is 0.253 e. The molecule has 0 radical (unpaired) electrons. The first-order valence-corrected chi connectivity index (χ1v) is 7.74. The molecule has 0 spiro atoms. The summed E-state index contributed by atoms with van der Waals surface area (Å²) in [6, 6.07) is 14.0. The number of nitrogens with one attached hydrogen (secondary N) is 1. The van der Waals surface area contributed by atoms with Gasteiger partial charge in [-0.15, -0.1) is 0 Å². The first kappa shape index (κ1) is 17.3. The number of hydrogen-bond donors (Lipinski definition) is 1. The average molecular weight is 351 g/mol. The molecule has 6 heteroatoms. The van der Waals surface area contributed by atoms with E-state index in [2.05, 4.69) is 5.32 Å². The zero-order valence-electron chi connectivity index (χ0n) is 12.6. The molecule has 0 bridgehead atoms. The van der Waals surface area contributed by atoms with Crippen LogP contribution in [-0.4, -0.2) is 30.3 Å². The Bertz CT molecular complexity index is 702. The molecule has 0 saturated heterocycles. The van der Waals surface area contributed by atoms with E-state index >= 15 is 0 Å². The van der Waals surface area contributed by atoms with Crippen LogP contribution in [-0.2, 0) is 11.3 Å². The molecule has 0 aliphatic rings. The summed E-state index contributed by atoms with van der Waals surface area (Å²) < 4.78 is 0. The highest BCUT2D eigenvalue weighted by molar-refractivity contribution is 6.33. The van der Waals surface area contributed by atoms with Crippen molar-refractivity contribution in [3.63, 3.8) is 0 Å². The maximum Gasteiger partial charge on any atom is 0.253 e. The Morgan fingerprint density at radius 1 is 1.04 bits per heavy atom. The molecule has 1 N–H and O–H groups in total. The average Bonchev–Trinajstić information content (AvgIpc) is 2.54. The van der Waals surface area contributed by atoms with Gasteiger partial charge in [0.1, 0.15) is 0 Å². The second-order valence-corrected chi connectivity index (χ2v) is 5.88. The lowest BCUT2D eigenvalue weighted by Crippen LogP contribution is -2.37. The number of carbonyl (C=O) groups is 2.